The number of nitrogens with one attached hydrogen (secondary N) is 1. The molecule has 108 valence electrons. The third-order valence-electron chi connectivity index (χ3n) is 2.52. The van der Waals surface area contributed by atoms with Crippen molar-refractivity contribution < 1.29 is 9.72 Å². The first-order chi connectivity index (χ1) is 10.0. The number of carbonyl (C=O) groups excluding carboxylic acids is 1. The minimum atomic E-state index is -0.502. The van der Waals surface area contributed by atoms with Gasteiger partial charge in [0.05, 0.1) is 10.7 Å². The van der Waals surface area contributed by atoms with Gasteiger partial charge < -0.3 is 5.32 Å². The lowest BCUT2D eigenvalue weighted by molar-refractivity contribution is -0.384. The van der Waals surface area contributed by atoms with E-state index in [0.29, 0.717) is 10.7 Å². The van der Waals surface area contributed by atoms with E-state index in [4.69, 9.17) is 11.6 Å². The summed E-state index contributed by atoms with van der Waals surface area (Å²) in [5, 5.41) is 13.9. The van der Waals surface area contributed by atoms with Crippen LogP contribution in [0.3, 0.4) is 0 Å². The second-order valence-electron chi connectivity index (χ2n) is 4.10. The predicted molar refractivity (Wildman–Crippen MR) is 83.9 cm³/mol. The van der Waals surface area contributed by atoms with E-state index in [9.17, 15) is 14.9 Å². The summed E-state index contributed by atoms with van der Waals surface area (Å²) >= 11 is 7.14. The zero-order valence-electron chi connectivity index (χ0n) is 10.8. The van der Waals surface area contributed by atoms with E-state index in [-0.39, 0.29) is 17.3 Å². The van der Waals surface area contributed by atoms with Gasteiger partial charge in [0, 0.05) is 27.7 Å². The maximum absolute atomic E-state index is 11.8. The summed E-state index contributed by atoms with van der Waals surface area (Å²) in [6.45, 7) is 0. The van der Waals surface area contributed by atoms with E-state index in [1.807, 2.05) is 12.1 Å². The van der Waals surface area contributed by atoms with E-state index in [1.54, 1.807) is 18.2 Å². The molecule has 1 N–H and O–H groups in total. The molecule has 0 unspecified atom stereocenters. The maximum Gasteiger partial charge on any atom is 0.271 e. The molecule has 0 aromatic heterocycles. The van der Waals surface area contributed by atoms with Crippen molar-refractivity contribution in [2.45, 2.75) is 4.90 Å². The molecule has 0 heterocycles. The van der Waals surface area contributed by atoms with Crippen molar-refractivity contribution in [1.82, 2.24) is 0 Å². The van der Waals surface area contributed by atoms with Gasteiger partial charge in [0.25, 0.3) is 5.69 Å². The number of halogens is 1. The smallest absolute Gasteiger partial charge is 0.271 e. The topological polar surface area (TPSA) is 72.2 Å². The summed E-state index contributed by atoms with van der Waals surface area (Å²) in [5.74, 6) is -0.0138. The first-order valence-electron chi connectivity index (χ1n) is 5.97. The van der Waals surface area contributed by atoms with E-state index in [1.165, 1.54) is 30.0 Å². The summed E-state index contributed by atoms with van der Waals surface area (Å²) in [5.41, 5.74) is 0.351. The number of anilines is 1. The van der Waals surface area contributed by atoms with Crippen molar-refractivity contribution in [1.29, 1.82) is 0 Å². The molecule has 0 aliphatic heterocycles. The van der Waals surface area contributed by atoms with Crippen molar-refractivity contribution in [3.8, 4) is 0 Å². The molecule has 0 bridgehead atoms. The van der Waals surface area contributed by atoms with Gasteiger partial charge in [0.2, 0.25) is 5.91 Å². The summed E-state index contributed by atoms with van der Waals surface area (Å²) in [6, 6.07) is 13.0. The number of hydrogen-bond acceptors (Lipinski definition) is 4. The highest BCUT2D eigenvalue weighted by molar-refractivity contribution is 8.00. The van der Waals surface area contributed by atoms with Crippen LogP contribution in [-0.4, -0.2) is 16.6 Å². The average Bonchev–Trinajstić information content (AvgIpc) is 2.47. The standard InChI is InChI=1S/C14H11ClN2O3S/c15-10-4-6-13(7-5-10)21-9-14(18)16-11-2-1-3-12(8-11)17(19)20/h1-8H,9H2,(H,16,18). The Labute approximate surface area is 130 Å². The highest BCUT2D eigenvalue weighted by Gasteiger charge is 2.08. The minimum Gasteiger partial charge on any atom is -0.325 e. The number of non-ortho nitro benzene ring substituents is 1. The van der Waals surface area contributed by atoms with Crippen LogP contribution >= 0.6 is 23.4 Å². The molecule has 2 aromatic rings. The Balaban J connectivity index is 1.91. The second-order valence-corrected chi connectivity index (χ2v) is 5.58. The van der Waals surface area contributed by atoms with E-state index in [2.05, 4.69) is 5.32 Å². The number of amides is 1. The zero-order chi connectivity index (χ0) is 15.2. The summed E-state index contributed by atoms with van der Waals surface area (Å²) in [7, 11) is 0. The number of benzene rings is 2. The Kier molecular flexibility index (Phi) is 5.19. The Hall–Kier alpha value is -2.05. The molecule has 2 rings (SSSR count). The first kappa shape index (κ1) is 15.3. The third kappa shape index (κ3) is 4.77. The molecule has 0 fully saturated rings. The molecule has 0 atom stereocenters. The summed E-state index contributed by atoms with van der Waals surface area (Å²) in [4.78, 5) is 22.9. The second kappa shape index (κ2) is 7.10. The van der Waals surface area contributed by atoms with Crippen molar-refractivity contribution >= 4 is 40.6 Å². The molecule has 0 aliphatic rings. The lowest BCUT2D eigenvalue weighted by atomic mass is 10.3. The van der Waals surface area contributed by atoms with E-state index in [0.717, 1.165) is 4.90 Å². The van der Waals surface area contributed by atoms with Gasteiger partial charge in [0.15, 0.2) is 0 Å². The van der Waals surface area contributed by atoms with Gasteiger partial charge in [-0.25, -0.2) is 0 Å². The Morgan fingerprint density at radius 3 is 2.62 bits per heavy atom. The SMILES string of the molecule is O=C(CSc1ccc(Cl)cc1)Nc1cccc([N+](=O)[O-])c1. The van der Waals surface area contributed by atoms with Crippen LogP contribution in [0, 0.1) is 10.1 Å². The number of nitro groups is 1. The number of rotatable bonds is 5. The molecular formula is C14H11ClN2O3S. The average molecular weight is 323 g/mol. The molecular weight excluding hydrogens is 312 g/mol. The normalized spacial score (nSPS) is 10.1. The van der Waals surface area contributed by atoms with Gasteiger partial charge in [0.1, 0.15) is 0 Å². The number of thioether (sulfide) groups is 1. The number of hydrogen-bond donors (Lipinski definition) is 1. The third-order valence-corrected chi connectivity index (χ3v) is 3.79. The van der Waals surface area contributed by atoms with Crippen LogP contribution in [0.5, 0.6) is 0 Å². The van der Waals surface area contributed by atoms with Crippen LogP contribution in [0.25, 0.3) is 0 Å². The monoisotopic (exact) mass is 322 g/mol. The number of nitro benzene ring substituents is 1. The van der Waals surface area contributed by atoms with Gasteiger partial charge in [-0.3, -0.25) is 14.9 Å². The summed E-state index contributed by atoms with van der Waals surface area (Å²) < 4.78 is 0. The van der Waals surface area contributed by atoms with Crippen LogP contribution in [0.1, 0.15) is 0 Å². The zero-order valence-corrected chi connectivity index (χ0v) is 12.4. The lowest BCUT2D eigenvalue weighted by Gasteiger charge is -2.05. The van der Waals surface area contributed by atoms with E-state index < -0.39 is 4.92 Å². The fraction of sp³-hybridized carbons (Fsp3) is 0.0714. The molecule has 7 heteroatoms. The Bertz CT molecular complexity index is 662. The first-order valence-corrected chi connectivity index (χ1v) is 7.33. The van der Waals surface area contributed by atoms with Crippen molar-refractivity contribution in [3.05, 3.63) is 63.7 Å². The van der Waals surface area contributed by atoms with Crippen LogP contribution in [0.4, 0.5) is 11.4 Å². The molecule has 5 nitrogen and oxygen atoms in total. The quantitative estimate of drug-likeness (QED) is 0.513. The van der Waals surface area contributed by atoms with Crippen molar-refractivity contribution in [2.24, 2.45) is 0 Å². The minimum absolute atomic E-state index is 0.0573. The van der Waals surface area contributed by atoms with Crippen LogP contribution < -0.4 is 5.32 Å². The fourth-order valence-corrected chi connectivity index (χ4v) is 2.40. The lowest BCUT2D eigenvalue weighted by Crippen LogP contribution is -2.14. The molecule has 1 amide bonds. The highest BCUT2D eigenvalue weighted by Crippen LogP contribution is 2.21. The van der Waals surface area contributed by atoms with Gasteiger partial charge in [-0.05, 0) is 30.3 Å². The van der Waals surface area contributed by atoms with Crippen LogP contribution in [-0.2, 0) is 4.79 Å². The summed E-state index contributed by atoms with van der Waals surface area (Å²) in [6.07, 6.45) is 0. The molecule has 0 saturated heterocycles. The molecule has 21 heavy (non-hydrogen) atoms. The predicted octanol–water partition coefficient (Wildman–Crippen LogP) is 3.98. The van der Waals surface area contributed by atoms with Gasteiger partial charge in [-0.1, -0.05) is 17.7 Å². The van der Waals surface area contributed by atoms with E-state index >= 15 is 0 Å². The highest BCUT2D eigenvalue weighted by atomic mass is 35.5. The van der Waals surface area contributed by atoms with Gasteiger partial charge in [-0.2, -0.15) is 0 Å². The molecule has 0 saturated carbocycles. The van der Waals surface area contributed by atoms with Crippen LogP contribution in [0.2, 0.25) is 5.02 Å². The van der Waals surface area contributed by atoms with Crippen LogP contribution in [0.15, 0.2) is 53.4 Å². The molecule has 0 radical (unpaired) electrons. The molecule has 0 aliphatic carbocycles. The Morgan fingerprint density at radius 1 is 1.24 bits per heavy atom. The molecule has 0 spiro atoms. The fourth-order valence-electron chi connectivity index (χ4n) is 1.57. The largest absolute Gasteiger partial charge is 0.325 e. The Morgan fingerprint density at radius 2 is 1.95 bits per heavy atom. The van der Waals surface area contributed by atoms with Gasteiger partial charge >= 0.3 is 0 Å². The molecule has 2 aromatic carbocycles. The maximum atomic E-state index is 11.8. The van der Waals surface area contributed by atoms with Crippen molar-refractivity contribution in [3.63, 3.8) is 0 Å². The number of nitrogens with zero attached hydrogens (tertiary/aromatic N) is 1. The van der Waals surface area contributed by atoms with Crippen molar-refractivity contribution in [2.75, 3.05) is 11.1 Å². The van der Waals surface area contributed by atoms with Gasteiger partial charge in [-0.15, -0.1) is 11.8 Å². The number of carbonyl (C=O) groups is 1.